The number of rotatable bonds is 6. The second kappa shape index (κ2) is 7.41. The third kappa shape index (κ3) is 3.71. The van der Waals surface area contributed by atoms with Crippen LogP contribution in [-0.2, 0) is 4.79 Å². The van der Waals surface area contributed by atoms with Crippen molar-refractivity contribution in [1.29, 1.82) is 0 Å². The number of anilines is 1. The smallest absolute Gasteiger partial charge is 0.272 e. The lowest BCUT2D eigenvalue weighted by atomic mass is 10.2. The van der Waals surface area contributed by atoms with Crippen molar-refractivity contribution in [3.05, 3.63) is 30.0 Å². The number of fused-ring (bicyclic) bond motifs is 1. The summed E-state index contributed by atoms with van der Waals surface area (Å²) in [5.41, 5.74) is 1.03. The first-order chi connectivity index (χ1) is 11.7. The number of thioether (sulfide) groups is 1. The van der Waals surface area contributed by atoms with E-state index in [1.165, 1.54) is 11.3 Å². The summed E-state index contributed by atoms with van der Waals surface area (Å²) in [7, 11) is 0. The molecular formula is C14H14N6O2S2. The fourth-order valence-corrected chi connectivity index (χ4v) is 3.65. The van der Waals surface area contributed by atoms with E-state index in [4.69, 9.17) is 0 Å². The molecule has 0 aliphatic heterocycles. The molecule has 3 rings (SSSR count). The maximum absolute atomic E-state index is 12.2. The van der Waals surface area contributed by atoms with Crippen LogP contribution in [-0.4, -0.2) is 44.5 Å². The fraction of sp³-hybridized carbons (Fsp3) is 0.214. The van der Waals surface area contributed by atoms with Crippen LogP contribution in [0.2, 0.25) is 0 Å². The second-order valence-corrected chi connectivity index (χ2v) is 7.14. The first-order valence-corrected chi connectivity index (χ1v) is 8.95. The molecule has 0 aliphatic rings. The number of hydrogen-bond donors (Lipinski definition) is 3. The molecule has 0 atom stereocenters. The van der Waals surface area contributed by atoms with Gasteiger partial charge in [0.25, 0.3) is 5.91 Å². The number of hydrogen-bond acceptors (Lipinski definition) is 7. The van der Waals surface area contributed by atoms with Gasteiger partial charge >= 0.3 is 0 Å². The Labute approximate surface area is 145 Å². The monoisotopic (exact) mass is 362 g/mol. The van der Waals surface area contributed by atoms with E-state index in [-0.39, 0.29) is 18.1 Å². The Balaban J connectivity index is 1.56. The third-order valence-electron chi connectivity index (χ3n) is 3.02. The molecule has 0 bridgehead atoms. The van der Waals surface area contributed by atoms with Gasteiger partial charge in [-0.05, 0) is 11.8 Å². The van der Waals surface area contributed by atoms with Crippen molar-refractivity contribution >= 4 is 50.9 Å². The van der Waals surface area contributed by atoms with Crippen LogP contribution in [0.3, 0.4) is 0 Å². The van der Waals surface area contributed by atoms with E-state index in [1.807, 2.05) is 25.1 Å². The largest absolute Gasteiger partial charge is 0.342 e. The summed E-state index contributed by atoms with van der Waals surface area (Å²) in [5.74, 6) is 0.102. The van der Waals surface area contributed by atoms with Crippen LogP contribution in [0.1, 0.15) is 17.4 Å². The van der Waals surface area contributed by atoms with Gasteiger partial charge in [0.05, 0.1) is 12.1 Å². The molecule has 0 radical (unpaired) electrons. The van der Waals surface area contributed by atoms with E-state index in [1.54, 1.807) is 17.8 Å². The highest BCUT2D eigenvalue weighted by Crippen LogP contribution is 2.24. The molecular weight excluding hydrogens is 348 g/mol. The Morgan fingerprint density at radius 1 is 1.29 bits per heavy atom. The number of para-hydroxylation sites is 1. The molecule has 0 spiro atoms. The van der Waals surface area contributed by atoms with Crippen LogP contribution in [0.25, 0.3) is 10.9 Å². The molecule has 0 aliphatic carbocycles. The van der Waals surface area contributed by atoms with Crippen LogP contribution in [0.5, 0.6) is 0 Å². The quantitative estimate of drug-likeness (QED) is 0.456. The number of nitrogens with one attached hydrogen (secondary N) is 3. The minimum Gasteiger partial charge on any atom is -0.342 e. The highest BCUT2D eigenvalue weighted by atomic mass is 32.2. The lowest BCUT2D eigenvalue weighted by Crippen LogP contribution is -2.33. The van der Waals surface area contributed by atoms with E-state index < -0.39 is 5.91 Å². The zero-order valence-corrected chi connectivity index (χ0v) is 14.3. The SMILES string of the molecule is CCSc1nnc(NC(=O)CNC(=O)c2n[nH]c3ccccc23)s1. The highest BCUT2D eigenvalue weighted by molar-refractivity contribution is 8.01. The number of aromatic nitrogens is 4. The van der Waals surface area contributed by atoms with Crippen LogP contribution < -0.4 is 10.6 Å². The van der Waals surface area contributed by atoms with Crippen molar-refractivity contribution in [2.45, 2.75) is 11.3 Å². The Kier molecular flexibility index (Phi) is 5.06. The lowest BCUT2D eigenvalue weighted by Gasteiger charge is -2.03. The van der Waals surface area contributed by atoms with Gasteiger partial charge in [-0.3, -0.25) is 20.0 Å². The van der Waals surface area contributed by atoms with Gasteiger partial charge < -0.3 is 5.32 Å². The van der Waals surface area contributed by atoms with Gasteiger partial charge in [-0.15, -0.1) is 10.2 Å². The normalized spacial score (nSPS) is 10.7. The summed E-state index contributed by atoms with van der Waals surface area (Å²) in [5, 5.41) is 20.9. The minimum atomic E-state index is -0.415. The number of benzene rings is 1. The van der Waals surface area contributed by atoms with E-state index >= 15 is 0 Å². The molecule has 0 fully saturated rings. The van der Waals surface area contributed by atoms with E-state index in [0.717, 1.165) is 15.6 Å². The Hall–Kier alpha value is -2.46. The standard InChI is InChI=1S/C14H14N6O2S2/c1-2-23-14-20-19-13(24-14)16-10(21)7-15-12(22)11-8-5-3-4-6-9(8)17-18-11/h3-6H,2,7H2,1H3,(H,15,22)(H,17,18)(H,16,19,21). The fourth-order valence-electron chi connectivity index (χ4n) is 1.99. The van der Waals surface area contributed by atoms with Crippen molar-refractivity contribution in [3.8, 4) is 0 Å². The number of H-pyrrole nitrogens is 1. The predicted octanol–water partition coefficient (Wildman–Crippen LogP) is 1.89. The maximum Gasteiger partial charge on any atom is 0.272 e. The van der Waals surface area contributed by atoms with Gasteiger partial charge in [-0.25, -0.2) is 0 Å². The molecule has 0 saturated carbocycles. The predicted molar refractivity (Wildman–Crippen MR) is 93.4 cm³/mol. The van der Waals surface area contributed by atoms with Crippen molar-refractivity contribution < 1.29 is 9.59 Å². The second-order valence-electron chi connectivity index (χ2n) is 4.65. The molecule has 8 nitrogen and oxygen atoms in total. The van der Waals surface area contributed by atoms with Crippen molar-refractivity contribution in [1.82, 2.24) is 25.7 Å². The Bertz CT molecular complexity index is 875. The van der Waals surface area contributed by atoms with Gasteiger partial charge in [0.15, 0.2) is 10.0 Å². The van der Waals surface area contributed by atoms with Gasteiger partial charge in [0.2, 0.25) is 11.0 Å². The zero-order chi connectivity index (χ0) is 16.9. The maximum atomic E-state index is 12.2. The van der Waals surface area contributed by atoms with Gasteiger partial charge in [0.1, 0.15) is 0 Å². The third-order valence-corrected chi connectivity index (χ3v) is 4.87. The molecule has 2 heterocycles. The van der Waals surface area contributed by atoms with Crippen LogP contribution in [0.15, 0.2) is 28.6 Å². The average Bonchev–Trinajstić information content (AvgIpc) is 3.20. The summed E-state index contributed by atoms with van der Waals surface area (Å²) >= 11 is 2.85. The first kappa shape index (κ1) is 16.4. The number of carbonyl (C=O) groups is 2. The Morgan fingerprint density at radius 3 is 2.96 bits per heavy atom. The Morgan fingerprint density at radius 2 is 2.12 bits per heavy atom. The number of nitrogens with zero attached hydrogens (tertiary/aromatic N) is 3. The molecule has 0 unspecified atom stereocenters. The first-order valence-electron chi connectivity index (χ1n) is 7.15. The summed E-state index contributed by atoms with van der Waals surface area (Å²) < 4.78 is 0.792. The highest BCUT2D eigenvalue weighted by Gasteiger charge is 2.15. The summed E-state index contributed by atoms with van der Waals surface area (Å²) in [6.45, 7) is 1.84. The molecule has 1 aromatic carbocycles. The molecule has 24 heavy (non-hydrogen) atoms. The number of amides is 2. The van der Waals surface area contributed by atoms with Crippen LogP contribution in [0, 0.1) is 0 Å². The lowest BCUT2D eigenvalue weighted by molar-refractivity contribution is -0.115. The van der Waals surface area contributed by atoms with E-state index in [9.17, 15) is 9.59 Å². The van der Waals surface area contributed by atoms with Crippen molar-refractivity contribution in [3.63, 3.8) is 0 Å². The van der Waals surface area contributed by atoms with Gasteiger partial charge in [0, 0.05) is 5.39 Å². The summed E-state index contributed by atoms with van der Waals surface area (Å²) in [6, 6.07) is 7.29. The van der Waals surface area contributed by atoms with E-state index in [2.05, 4.69) is 31.0 Å². The topological polar surface area (TPSA) is 113 Å². The number of carbonyl (C=O) groups excluding carboxylic acids is 2. The molecule has 10 heteroatoms. The average molecular weight is 362 g/mol. The van der Waals surface area contributed by atoms with Crippen LogP contribution >= 0.6 is 23.1 Å². The van der Waals surface area contributed by atoms with Crippen LogP contribution in [0.4, 0.5) is 5.13 Å². The number of aromatic amines is 1. The van der Waals surface area contributed by atoms with Gasteiger partial charge in [-0.2, -0.15) is 5.10 Å². The molecule has 3 N–H and O–H groups in total. The summed E-state index contributed by atoms with van der Waals surface area (Å²) in [6.07, 6.45) is 0. The summed E-state index contributed by atoms with van der Waals surface area (Å²) in [4.78, 5) is 24.1. The minimum absolute atomic E-state index is 0.171. The van der Waals surface area contributed by atoms with E-state index in [0.29, 0.717) is 10.5 Å². The molecule has 0 saturated heterocycles. The van der Waals surface area contributed by atoms with Gasteiger partial charge in [-0.1, -0.05) is 48.2 Å². The molecule has 2 amide bonds. The van der Waals surface area contributed by atoms with Crippen molar-refractivity contribution in [2.24, 2.45) is 0 Å². The molecule has 2 aromatic heterocycles. The van der Waals surface area contributed by atoms with Crippen molar-refractivity contribution in [2.75, 3.05) is 17.6 Å². The molecule has 3 aromatic rings. The zero-order valence-electron chi connectivity index (χ0n) is 12.7. The molecule has 124 valence electrons.